The molecule has 1 aromatic rings. The highest BCUT2D eigenvalue weighted by atomic mass is 16.6. The van der Waals surface area contributed by atoms with Crippen molar-refractivity contribution in [2.24, 2.45) is 0 Å². The van der Waals surface area contributed by atoms with Crippen molar-refractivity contribution in [1.82, 2.24) is 0 Å². The highest BCUT2D eigenvalue weighted by Crippen LogP contribution is 2.25. The molecule has 0 unspecified atom stereocenters. The largest absolute Gasteiger partial charge is 0.478 e. The van der Waals surface area contributed by atoms with E-state index in [0.717, 1.165) is 12.1 Å². The lowest BCUT2D eigenvalue weighted by molar-refractivity contribution is -0.384. The molecule has 0 heterocycles. The summed E-state index contributed by atoms with van der Waals surface area (Å²) in [5.74, 6) is -1.78. The molecule has 1 amide bonds. The third kappa shape index (κ3) is 4.03. The maximum atomic E-state index is 11.4. The lowest BCUT2D eigenvalue weighted by Gasteiger charge is -2.06. The number of benzene rings is 1. The van der Waals surface area contributed by atoms with E-state index in [1.807, 2.05) is 0 Å². The van der Waals surface area contributed by atoms with Crippen LogP contribution in [0.2, 0.25) is 0 Å². The number of carbonyl (C=O) groups is 2. The second-order valence-electron chi connectivity index (χ2n) is 3.67. The average molecular weight is 268 g/mol. The normalized spacial score (nSPS) is 9.95. The maximum Gasteiger partial charge on any atom is 0.335 e. The second-order valence-corrected chi connectivity index (χ2v) is 3.67. The molecule has 8 heteroatoms. The van der Waals surface area contributed by atoms with Gasteiger partial charge in [0.25, 0.3) is 5.69 Å². The number of rotatable bonds is 6. The number of carboxylic acids is 1. The molecule has 0 fully saturated rings. The fraction of sp³-hybridized carbons (Fsp3) is 0.273. The zero-order chi connectivity index (χ0) is 14.4. The molecule has 0 aliphatic carbocycles. The number of aromatic carboxylic acids is 1. The number of amides is 1. The van der Waals surface area contributed by atoms with Crippen LogP contribution in [0.3, 0.4) is 0 Å². The van der Waals surface area contributed by atoms with Crippen LogP contribution in [0.1, 0.15) is 23.2 Å². The number of aliphatic hydroxyl groups is 1. The lowest BCUT2D eigenvalue weighted by atomic mass is 10.1. The van der Waals surface area contributed by atoms with Crippen molar-refractivity contribution in [3.63, 3.8) is 0 Å². The van der Waals surface area contributed by atoms with Gasteiger partial charge in [-0.25, -0.2) is 4.79 Å². The number of nitro benzene ring substituents is 1. The minimum atomic E-state index is -1.29. The van der Waals surface area contributed by atoms with Crippen LogP contribution in [0.15, 0.2) is 18.2 Å². The van der Waals surface area contributed by atoms with Gasteiger partial charge in [0.2, 0.25) is 5.91 Å². The topological polar surface area (TPSA) is 130 Å². The van der Waals surface area contributed by atoms with Gasteiger partial charge in [-0.3, -0.25) is 14.9 Å². The van der Waals surface area contributed by atoms with Crippen molar-refractivity contribution in [3.8, 4) is 0 Å². The Balaban J connectivity index is 2.97. The first-order chi connectivity index (χ1) is 8.95. The number of anilines is 1. The molecule has 0 atom stereocenters. The highest BCUT2D eigenvalue weighted by molar-refractivity contribution is 5.95. The summed E-state index contributed by atoms with van der Waals surface area (Å²) in [5.41, 5.74) is -0.796. The number of carbonyl (C=O) groups excluding carboxylic acids is 1. The zero-order valence-electron chi connectivity index (χ0n) is 9.83. The number of nitro groups is 1. The SMILES string of the molecule is O=C(CCCO)Nc1ccc(C(=O)O)cc1[N+](=O)[O-]. The van der Waals surface area contributed by atoms with Crippen molar-refractivity contribution in [1.29, 1.82) is 0 Å². The Bertz CT molecular complexity index is 514. The number of hydrogen-bond donors (Lipinski definition) is 3. The minimum Gasteiger partial charge on any atom is -0.478 e. The molecule has 8 nitrogen and oxygen atoms in total. The molecular formula is C11H12N2O6. The fourth-order valence-corrected chi connectivity index (χ4v) is 1.37. The Hall–Kier alpha value is -2.48. The smallest absolute Gasteiger partial charge is 0.335 e. The molecule has 0 saturated heterocycles. The Labute approximate surface area is 107 Å². The molecule has 0 aliphatic heterocycles. The van der Waals surface area contributed by atoms with Crippen molar-refractivity contribution in [2.75, 3.05) is 11.9 Å². The first-order valence-corrected chi connectivity index (χ1v) is 5.38. The van der Waals surface area contributed by atoms with E-state index >= 15 is 0 Å². The fourth-order valence-electron chi connectivity index (χ4n) is 1.37. The van der Waals surface area contributed by atoms with E-state index in [2.05, 4.69) is 5.32 Å². The molecular weight excluding hydrogens is 256 g/mol. The van der Waals surface area contributed by atoms with Gasteiger partial charge < -0.3 is 15.5 Å². The number of nitrogens with one attached hydrogen (secondary N) is 1. The van der Waals surface area contributed by atoms with E-state index in [1.54, 1.807) is 0 Å². The third-order valence-corrected chi connectivity index (χ3v) is 2.28. The number of aliphatic hydroxyl groups excluding tert-OH is 1. The van der Waals surface area contributed by atoms with Gasteiger partial charge in [0.05, 0.1) is 10.5 Å². The Morgan fingerprint density at radius 3 is 2.58 bits per heavy atom. The predicted molar refractivity (Wildman–Crippen MR) is 65.0 cm³/mol. The highest BCUT2D eigenvalue weighted by Gasteiger charge is 2.18. The molecule has 0 saturated carbocycles. The third-order valence-electron chi connectivity index (χ3n) is 2.28. The Morgan fingerprint density at radius 1 is 1.37 bits per heavy atom. The van der Waals surface area contributed by atoms with Gasteiger partial charge in [0, 0.05) is 19.1 Å². The second kappa shape index (κ2) is 6.45. The van der Waals surface area contributed by atoms with Crippen LogP contribution in [-0.4, -0.2) is 33.6 Å². The van der Waals surface area contributed by atoms with E-state index in [1.165, 1.54) is 6.07 Å². The lowest BCUT2D eigenvalue weighted by Crippen LogP contribution is -2.13. The van der Waals surface area contributed by atoms with Crippen molar-refractivity contribution in [3.05, 3.63) is 33.9 Å². The van der Waals surface area contributed by atoms with Gasteiger partial charge >= 0.3 is 5.97 Å². The van der Waals surface area contributed by atoms with Crippen LogP contribution in [0.25, 0.3) is 0 Å². The molecule has 3 N–H and O–H groups in total. The van der Waals surface area contributed by atoms with Crippen LogP contribution in [-0.2, 0) is 4.79 Å². The van der Waals surface area contributed by atoms with Crippen molar-refractivity contribution < 1.29 is 24.7 Å². The van der Waals surface area contributed by atoms with E-state index in [0.29, 0.717) is 0 Å². The molecule has 0 radical (unpaired) electrons. The van der Waals surface area contributed by atoms with Gasteiger partial charge in [0.1, 0.15) is 5.69 Å². The van der Waals surface area contributed by atoms with Gasteiger partial charge in [-0.1, -0.05) is 0 Å². The average Bonchev–Trinajstić information content (AvgIpc) is 2.36. The molecule has 0 spiro atoms. The van der Waals surface area contributed by atoms with Gasteiger partial charge in [-0.15, -0.1) is 0 Å². The predicted octanol–water partition coefficient (Wildman–Crippen LogP) is 1.00. The van der Waals surface area contributed by atoms with E-state index in [4.69, 9.17) is 10.2 Å². The summed E-state index contributed by atoms with van der Waals surface area (Å²) in [7, 11) is 0. The zero-order valence-corrected chi connectivity index (χ0v) is 9.83. The van der Waals surface area contributed by atoms with Crippen molar-refractivity contribution >= 4 is 23.3 Å². The van der Waals surface area contributed by atoms with Crippen molar-refractivity contribution in [2.45, 2.75) is 12.8 Å². The first-order valence-electron chi connectivity index (χ1n) is 5.38. The quantitative estimate of drug-likeness (QED) is 0.521. The number of nitrogens with zero attached hydrogens (tertiary/aromatic N) is 1. The maximum absolute atomic E-state index is 11.4. The van der Waals surface area contributed by atoms with E-state index in [-0.39, 0.29) is 30.7 Å². The van der Waals surface area contributed by atoms with Gasteiger partial charge in [-0.05, 0) is 18.6 Å². The monoisotopic (exact) mass is 268 g/mol. The van der Waals surface area contributed by atoms with Gasteiger partial charge in [0.15, 0.2) is 0 Å². The summed E-state index contributed by atoms with van der Waals surface area (Å²) in [6, 6.07) is 3.21. The summed E-state index contributed by atoms with van der Waals surface area (Å²) in [4.78, 5) is 32.2. The number of carboxylic acid groups (broad SMARTS) is 1. The summed E-state index contributed by atoms with van der Waals surface area (Å²) < 4.78 is 0. The molecule has 1 rings (SSSR count). The summed E-state index contributed by atoms with van der Waals surface area (Å²) in [6.07, 6.45) is 0.265. The van der Waals surface area contributed by atoms with Crippen LogP contribution in [0.4, 0.5) is 11.4 Å². The minimum absolute atomic E-state index is 0.0222. The van der Waals surface area contributed by atoms with E-state index < -0.39 is 22.5 Å². The molecule has 1 aromatic carbocycles. The standard InChI is InChI=1S/C11H12N2O6/c14-5-1-2-10(15)12-8-4-3-7(11(16)17)6-9(8)13(18)19/h3-4,6,14H,1-2,5H2,(H,12,15)(H,16,17). The molecule has 0 aliphatic rings. The first kappa shape index (κ1) is 14.6. The van der Waals surface area contributed by atoms with Crippen LogP contribution in [0.5, 0.6) is 0 Å². The molecule has 102 valence electrons. The van der Waals surface area contributed by atoms with Crippen LogP contribution in [0, 0.1) is 10.1 Å². The van der Waals surface area contributed by atoms with E-state index in [9.17, 15) is 19.7 Å². The summed E-state index contributed by atoms with van der Waals surface area (Å²) in [5, 5.41) is 30.4. The molecule has 19 heavy (non-hydrogen) atoms. The Morgan fingerprint density at radius 2 is 2.05 bits per heavy atom. The Kier molecular flexibility index (Phi) is 4.95. The summed E-state index contributed by atoms with van der Waals surface area (Å²) >= 11 is 0. The van der Waals surface area contributed by atoms with Gasteiger partial charge in [-0.2, -0.15) is 0 Å². The number of hydrogen-bond acceptors (Lipinski definition) is 5. The molecule has 0 bridgehead atoms. The van der Waals surface area contributed by atoms with Crippen LogP contribution >= 0.6 is 0 Å². The molecule has 0 aromatic heterocycles. The van der Waals surface area contributed by atoms with Crippen LogP contribution < -0.4 is 5.32 Å². The summed E-state index contributed by atoms with van der Waals surface area (Å²) in [6.45, 7) is -0.159.